The fourth-order valence-corrected chi connectivity index (χ4v) is 0.842. The number of aliphatic hydroxyl groups is 1. The lowest BCUT2D eigenvalue weighted by Crippen LogP contribution is -1.95. The summed E-state index contributed by atoms with van der Waals surface area (Å²) in [4.78, 5) is 0. The molecule has 0 aromatic carbocycles. The monoisotopic (exact) mass is 128 g/mol. The van der Waals surface area contributed by atoms with Gasteiger partial charge in [-0.15, -0.1) is 6.58 Å². The Morgan fingerprint density at radius 2 is 2.33 bits per heavy atom. The summed E-state index contributed by atoms with van der Waals surface area (Å²) in [6.45, 7) is 6.16. The van der Waals surface area contributed by atoms with Crippen molar-refractivity contribution in [3.63, 3.8) is 0 Å². The summed E-state index contributed by atoms with van der Waals surface area (Å²) in [6.07, 6.45) is 5.10. The van der Waals surface area contributed by atoms with Gasteiger partial charge in [0.05, 0.1) is 0 Å². The van der Waals surface area contributed by atoms with Gasteiger partial charge in [0, 0.05) is 6.61 Å². The zero-order chi connectivity index (χ0) is 7.11. The van der Waals surface area contributed by atoms with E-state index in [9.17, 15) is 0 Å². The van der Waals surface area contributed by atoms with Gasteiger partial charge in [-0.1, -0.05) is 13.0 Å². The molecule has 0 spiro atoms. The molecule has 54 valence electrons. The number of hydrogen-bond donors (Lipinski definition) is 1. The molecule has 0 aromatic rings. The largest absolute Gasteiger partial charge is 0.396 e. The normalized spacial score (nSPS) is 13.1. The number of hydrogen-bond acceptors (Lipinski definition) is 1. The molecule has 0 bridgehead atoms. The van der Waals surface area contributed by atoms with Crippen LogP contribution in [0.3, 0.4) is 0 Å². The van der Waals surface area contributed by atoms with Gasteiger partial charge in [0.1, 0.15) is 0 Å². The highest BCUT2D eigenvalue weighted by molar-refractivity contribution is 4.77. The molecule has 0 amide bonds. The average Bonchev–Trinajstić information content (AvgIpc) is 1.91. The summed E-state index contributed by atoms with van der Waals surface area (Å²) in [5.41, 5.74) is 0. The van der Waals surface area contributed by atoms with E-state index in [1.54, 1.807) is 0 Å². The van der Waals surface area contributed by atoms with Gasteiger partial charge in [-0.2, -0.15) is 0 Å². The molecule has 0 rings (SSSR count). The Morgan fingerprint density at radius 1 is 1.67 bits per heavy atom. The first-order chi connectivity index (χ1) is 4.35. The van der Waals surface area contributed by atoms with Crippen molar-refractivity contribution >= 4 is 0 Å². The van der Waals surface area contributed by atoms with Crippen molar-refractivity contribution in [2.75, 3.05) is 6.61 Å². The van der Waals surface area contributed by atoms with Crippen molar-refractivity contribution in [3.05, 3.63) is 12.7 Å². The first-order valence-electron chi connectivity index (χ1n) is 3.58. The highest BCUT2D eigenvalue weighted by Gasteiger charge is 1.97. The lowest BCUT2D eigenvalue weighted by atomic mass is 10.0. The Labute approximate surface area is 57.4 Å². The number of aliphatic hydroxyl groups excluding tert-OH is 1. The Balaban J connectivity index is 3.20. The zero-order valence-electron chi connectivity index (χ0n) is 6.14. The third-order valence-corrected chi connectivity index (χ3v) is 1.59. The van der Waals surface area contributed by atoms with Crippen LogP contribution in [-0.2, 0) is 0 Å². The lowest BCUT2D eigenvalue weighted by Gasteiger charge is -2.06. The molecule has 0 unspecified atom stereocenters. The molecule has 0 saturated carbocycles. The summed E-state index contributed by atoms with van der Waals surface area (Å²) in [6, 6.07) is 0. The zero-order valence-corrected chi connectivity index (χ0v) is 6.14. The van der Waals surface area contributed by atoms with Gasteiger partial charge >= 0.3 is 0 Å². The van der Waals surface area contributed by atoms with Crippen LogP contribution in [0.4, 0.5) is 0 Å². The molecular formula is C8H16O. The van der Waals surface area contributed by atoms with E-state index in [1.807, 2.05) is 6.08 Å². The predicted molar refractivity (Wildman–Crippen MR) is 40.3 cm³/mol. The van der Waals surface area contributed by atoms with Crippen LogP contribution in [-0.4, -0.2) is 11.7 Å². The molecule has 1 N–H and O–H groups in total. The van der Waals surface area contributed by atoms with Gasteiger partial charge in [-0.05, 0) is 25.2 Å². The smallest absolute Gasteiger partial charge is 0.0431 e. The van der Waals surface area contributed by atoms with Crippen LogP contribution in [0.2, 0.25) is 0 Å². The SMILES string of the molecule is C=C[C@H](CC)CCCO. The quantitative estimate of drug-likeness (QED) is 0.561. The summed E-state index contributed by atoms with van der Waals surface area (Å²) in [5, 5.41) is 8.47. The van der Waals surface area contributed by atoms with E-state index in [0.29, 0.717) is 12.5 Å². The summed E-state index contributed by atoms with van der Waals surface area (Å²) < 4.78 is 0. The van der Waals surface area contributed by atoms with E-state index in [1.165, 1.54) is 0 Å². The van der Waals surface area contributed by atoms with Gasteiger partial charge in [-0.25, -0.2) is 0 Å². The second kappa shape index (κ2) is 5.83. The van der Waals surface area contributed by atoms with Crippen molar-refractivity contribution in [2.45, 2.75) is 26.2 Å². The minimum absolute atomic E-state index is 0.310. The van der Waals surface area contributed by atoms with Gasteiger partial charge < -0.3 is 5.11 Å². The topological polar surface area (TPSA) is 20.2 Å². The predicted octanol–water partition coefficient (Wildman–Crippen LogP) is 1.97. The summed E-state index contributed by atoms with van der Waals surface area (Å²) in [7, 11) is 0. The maximum atomic E-state index is 8.47. The molecule has 0 heterocycles. The van der Waals surface area contributed by atoms with Crippen LogP contribution in [0.1, 0.15) is 26.2 Å². The van der Waals surface area contributed by atoms with E-state index in [2.05, 4.69) is 13.5 Å². The molecule has 0 aliphatic rings. The summed E-state index contributed by atoms with van der Waals surface area (Å²) >= 11 is 0. The second-order valence-electron chi connectivity index (χ2n) is 2.27. The first kappa shape index (κ1) is 8.70. The molecule has 1 heteroatoms. The third-order valence-electron chi connectivity index (χ3n) is 1.59. The van der Waals surface area contributed by atoms with Gasteiger partial charge in [-0.3, -0.25) is 0 Å². The molecule has 0 radical (unpaired) electrons. The fraction of sp³-hybridized carbons (Fsp3) is 0.750. The molecular weight excluding hydrogens is 112 g/mol. The Bertz CT molecular complexity index is 69.0. The number of allylic oxidation sites excluding steroid dienone is 1. The van der Waals surface area contributed by atoms with Crippen LogP contribution in [0, 0.1) is 5.92 Å². The van der Waals surface area contributed by atoms with Crippen molar-refractivity contribution in [3.8, 4) is 0 Å². The minimum Gasteiger partial charge on any atom is -0.396 e. The van der Waals surface area contributed by atoms with Gasteiger partial charge in [0.2, 0.25) is 0 Å². The van der Waals surface area contributed by atoms with Crippen molar-refractivity contribution in [2.24, 2.45) is 5.92 Å². The van der Waals surface area contributed by atoms with E-state index in [4.69, 9.17) is 5.11 Å². The Morgan fingerprint density at radius 3 is 2.67 bits per heavy atom. The molecule has 1 nitrogen and oxygen atoms in total. The lowest BCUT2D eigenvalue weighted by molar-refractivity contribution is 0.276. The average molecular weight is 128 g/mol. The molecule has 0 aliphatic carbocycles. The van der Waals surface area contributed by atoms with E-state index < -0.39 is 0 Å². The van der Waals surface area contributed by atoms with Crippen LogP contribution in [0.5, 0.6) is 0 Å². The highest BCUT2D eigenvalue weighted by atomic mass is 16.2. The molecule has 0 fully saturated rings. The van der Waals surface area contributed by atoms with E-state index >= 15 is 0 Å². The maximum absolute atomic E-state index is 8.47. The van der Waals surface area contributed by atoms with Gasteiger partial charge in [0.25, 0.3) is 0 Å². The first-order valence-corrected chi connectivity index (χ1v) is 3.58. The maximum Gasteiger partial charge on any atom is 0.0431 e. The fourth-order valence-electron chi connectivity index (χ4n) is 0.842. The van der Waals surface area contributed by atoms with Crippen molar-refractivity contribution < 1.29 is 5.11 Å². The molecule has 0 saturated heterocycles. The van der Waals surface area contributed by atoms with Crippen LogP contribution in [0.25, 0.3) is 0 Å². The Hall–Kier alpha value is -0.300. The molecule has 0 aromatic heterocycles. The Kier molecular flexibility index (Phi) is 5.64. The second-order valence-corrected chi connectivity index (χ2v) is 2.27. The summed E-state index contributed by atoms with van der Waals surface area (Å²) in [5.74, 6) is 0.608. The standard InChI is InChI=1S/C8H16O/c1-3-8(4-2)6-5-7-9/h3,8-9H,1,4-7H2,2H3/t8-/m1/s1. The third kappa shape index (κ3) is 4.22. The molecule has 1 atom stereocenters. The van der Waals surface area contributed by atoms with Crippen molar-refractivity contribution in [1.82, 2.24) is 0 Å². The van der Waals surface area contributed by atoms with Crippen LogP contribution >= 0.6 is 0 Å². The van der Waals surface area contributed by atoms with Crippen LogP contribution < -0.4 is 0 Å². The van der Waals surface area contributed by atoms with E-state index in [-0.39, 0.29) is 0 Å². The molecule has 9 heavy (non-hydrogen) atoms. The number of rotatable bonds is 5. The minimum atomic E-state index is 0.310. The van der Waals surface area contributed by atoms with Gasteiger partial charge in [0.15, 0.2) is 0 Å². The van der Waals surface area contributed by atoms with Crippen molar-refractivity contribution in [1.29, 1.82) is 0 Å². The van der Waals surface area contributed by atoms with Crippen LogP contribution in [0.15, 0.2) is 12.7 Å². The highest BCUT2D eigenvalue weighted by Crippen LogP contribution is 2.10. The molecule has 0 aliphatic heterocycles. The van der Waals surface area contributed by atoms with E-state index in [0.717, 1.165) is 19.3 Å².